The van der Waals surface area contributed by atoms with Gasteiger partial charge in [0.1, 0.15) is 22.5 Å². The summed E-state index contributed by atoms with van der Waals surface area (Å²) in [5.41, 5.74) is -4.81. The number of nitrogens with zero attached hydrogens (tertiary/aromatic N) is 2. The number of carbonyl (C=O) groups excluding carboxylic acids is 1. The number of hydrogen-bond acceptors (Lipinski definition) is 6. The van der Waals surface area contributed by atoms with E-state index >= 15 is 13.2 Å². The van der Waals surface area contributed by atoms with Crippen molar-refractivity contribution in [2.45, 2.75) is 57.3 Å². The molecule has 1 aliphatic carbocycles. The molecule has 1 saturated carbocycles. The van der Waals surface area contributed by atoms with Gasteiger partial charge in [0.2, 0.25) is 5.43 Å². The van der Waals surface area contributed by atoms with Crippen LogP contribution in [0.25, 0.3) is 10.9 Å². The minimum absolute atomic E-state index is 0.0249. The smallest absolute Gasteiger partial charge is 0.407 e. The van der Waals surface area contributed by atoms with Gasteiger partial charge in [0, 0.05) is 37.9 Å². The van der Waals surface area contributed by atoms with Crippen LogP contribution < -0.4 is 15.6 Å². The summed E-state index contributed by atoms with van der Waals surface area (Å²) in [4.78, 5) is 37.8. The molecule has 9 nitrogen and oxygen atoms in total. The topological polar surface area (TPSA) is 110 Å². The number of halogens is 3. The first-order valence-electron chi connectivity index (χ1n) is 12.2. The lowest BCUT2D eigenvalue weighted by Crippen LogP contribution is -2.49. The Kier molecular flexibility index (Phi) is 5.93. The van der Waals surface area contributed by atoms with Crippen LogP contribution >= 0.6 is 0 Å². The van der Waals surface area contributed by atoms with Crippen molar-refractivity contribution in [2.75, 3.05) is 31.1 Å². The lowest BCUT2D eigenvalue weighted by molar-refractivity contribution is -0.000294. The van der Waals surface area contributed by atoms with Crippen LogP contribution in [-0.4, -0.2) is 59.2 Å². The van der Waals surface area contributed by atoms with Crippen LogP contribution in [0.15, 0.2) is 11.0 Å². The highest BCUT2D eigenvalue weighted by molar-refractivity contribution is 5.94. The van der Waals surface area contributed by atoms with Crippen LogP contribution in [-0.2, 0) is 9.47 Å². The van der Waals surface area contributed by atoms with Gasteiger partial charge in [-0.25, -0.2) is 22.8 Å². The molecule has 2 aromatic rings. The SMILES string of the molecule is CC(C)(C)OC(=O)NCC12CN(c3c(F)c(F)c4c(=O)c(C(=O)O)cn(C5CC5)c4c3F)CC1CCO2. The van der Waals surface area contributed by atoms with Crippen molar-refractivity contribution < 1.29 is 37.3 Å². The number of pyridine rings is 1. The fourth-order valence-corrected chi connectivity index (χ4v) is 5.38. The highest BCUT2D eigenvalue weighted by atomic mass is 19.2. The number of nitrogens with one attached hydrogen (secondary N) is 1. The summed E-state index contributed by atoms with van der Waals surface area (Å²) in [6.07, 6.45) is 2.09. The van der Waals surface area contributed by atoms with Gasteiger partial charge in [-0.2, -0.15) is 0 Å². The number of amides is 1. The Hall–Kier alpha value is -3.28. The molecule has 200 valence electrons. The number of aromatic carboxylic acids is 1. The second-order valence-electron chi connectivity index (χ2n) is 11.0. The van der Waals surface area contributed by atoms with E-state index in [1.54, 1.807) is 20.8 Å². The predicted molar refractivity (Wildman–Crippen MR) is 127 cm³/mol. The molecule has 2 unspecified atom stereocenters. The van der Waals surface area contributed by atoms with Crippen LogP contribution in [0.1, 0.15) is 56.4 Å². The normalized spacial score (nSPS) is 23.4. The van der Waals surface area contributed by atoms with E-state index in [0.29, 0.717) is 25.9 Å². The van der Waals surface area contributed by atoms with E-state index < -0.39 is 68.3 Å². The van der Waals surface area contributed by atoms with Crippen molar-refractivity contribution in [3.63, 3.8) is 0 Å². The first-order valence-corrected chi connectivity index (χ1v) is 12.2. The number of carbonyl (C=O) groups is 2. The van der Waals surface area contributed by atoms with Gasteiger partial charge in [-0.3, -0.25) is 4.79 Å². The van der Waals surface area contributed by atoms with Crippen molar-refractivity contribution in [1.29, 1.82) is 0 Å². The molecule has 1 amide bonds. The molecule has 2 saturated heterocycles. The largest absolute Gasteiger partial charge is 0.477 e. The van der Waals surface area contributed by atoms with Crippen LogP contribution in [0.4, 0.5) is 23.7 Å². The van der Waals surface area contributed by atoms with Crippen molar-refractivity contribution in [3.8, 4) is 0 Å². The van der Waals surface area contributed by atoms with E-state index in [9.17, 15) is 19.5 Å². The number of carboxylic acids is 1. The molecule has 37 heavy (non-hydrogen) atoms. The van der Waals surface area contributed by atoms with Crippen LogP contribution in [0, 0.1) is 23.4 Å². The standard InChI is InChI=1S/C25H28F3N3O6/c1-24(2,3)37-23(35)29-10-25-11-30(8-12(25)6-7-36-25)20-17(27)16(26)15-19(18(20)28)31(13-4-5-13)9-14(21(15)32)22(33)34/h9,12-13H,4-8,10-11H2,1-3H3,(H,29,35)(H,33,34). The zero-order chi connectivity index (χ0) is 26.9. The number of aromatic nitrogens is 1. The van der Waals surface area contributed by atoms with Crippen molar-refractivity contribution >= 4 is 28.7 Å². The first kappa shape index (κ1) is 25.4. The van der Waals surface area contributed by atoms with Gasteiger partial charge < -0.3 is 29.4 Å². The molecule has 3 fully saturated rings. The average molecular weight is 524 g/mol. The molecule has 0 radical (unpaired) electrons. The zero-order valence-corrected chi connectivity index (χ0v) is 20.7. The fraction of sp³-hybridized carbons (Fsp3) is 0.560. The number of fused-ring (bicyclic) bond motifs is 2. The molecular weight excluding hydrogens is 495 g/mol. The Labute approximate surface area is 210 Å². The van der Waals surface area contributed by atoms with Gasteiger partial charge in [0.15, 0.2) is 17.5 Å². The fourth-order valence-electron chi connectivity index (χ4n) is 5.38. The summed E-state index contributed by atoms with van der Waals surface area (Å²) < 4.78 is 59.3. The summed E-state index contributed by atoms with van der Waals surface area (Å²) in [6.45, 7) is 5.68. The number of ether oxygens (including phenoxy) is 2. The molecular formula is C25H28F3N3O6. The molecule has 3 heterocycles. The van der Waals surface area contributed by atoms with Gasteiger partial charge in [0.25, 0.3) is 0 Å². The molecule has 2 N–H and O–H groups in total. The summed E-state index contributed by atoms with van der Waals surface area (Å²) in [5.74, 6) is -6.10. The summed E-state index contributed by atoms with van der Waals surface area (Å²) >= 11 is 0. The number of rotatable bonds is 5. The molecule has 3 aliphatic rings. The Morgan fingerprint density at radius 1 is 1.19 bits per heavy atom. The van der Waals surface area contributed by atoms with E-state index in [1.807, 2.05) is 0 Å². The predicted octanol–water partition coefficient (Wildman–Crippen LogP) is 3.57. The summed E-state index contributed by atoms with van der Waals surface area (Å²) in [6, 6.07) is -0.320. The Balaban J connectivity index is 1.55. The number of anilines is 1. The lowest BCUT2D eigenvalue weighted by atomic mass is 9.91. The maximum atomic E-state index is 16.0. The minimum Gasteiger partial charge on any atom is -0.477 e. The minimum atomic E-state index is -1.60. The van der Waals surface area contributed by atoms with Crippen molar-refractivity contribution in [3.05, 3.63) is 39.4 Å². The third kappa shape index (κ3) is 4.30. The molecule has 1 aromatic carbocycles. The molecule has 1 aromatic heterocycles. The summed E-state index contributed by atoms with van der Waals surface area (Å²) in [5, 5.41) is 11.1. The number of alkyl carbamates (subject to hydrolysis) is 1. The highest BCUT2D eigenvalue weighted by Gasteiger charge is 2.52. The Morgan fingerprint density at radius 3 is 2.51 bits per heavy atom. The van der Waals surface area contributed by atoms with E-state index in [1.165, 1.54) is 9.47 Å². The van der Waals surface area contributed by atoms with Gasteiger partial charge in [-0.05, 0) is 40.0 Å². The highest BCUT2D eigenvalue weighted by Crippen LogP contribution is 2.45. The van der Waals surface area contributed by atoms with Gasteiger partial charge in [-0.15, -0.1) is 0 Å². The molecule has 0 spiro atoms. The maximum Gasteiger partial charge on any atom is 0.407 e. The van der Waals surface area contributed by atoms with Crippen molar-refractivity contribution in [1.82, 2.24) is 9.88 Å². The second kappa shape index (κ2) is 8.64. The number of hydrogen-bond donors (Lipinski definition) is 2. The van der Waals surface area contributed by atoms with E-state index in [-0.39, 0.29) is 31.6 Å². The number of carboxylic acid groups (broad SMARTS) is 1. The third-order valence-corrected chi connectivity index (χ3v) is 7.19. The van der Waals surface area contributed by atoms with Gasteiger partial charge in [0.05, 0.1) is 17.4 Å². The van der Waals surface area contributed by atoms with Gasteiger partial charge >= 0.3 is 12.1 Å². The molecule has 5 rings (SSSR count). The van der Waals surface area contributed by atoms with E-state index in [0.717, 1.165) is 6.20 Å². The second-order valence-corrected chi connectivity index (χ2v) is 11.0. The average Bonchev–Trinajstić information content (AvgIpc) is 3.47. The van der Waals surface area contributed by atoms with E-state index in [4.69, 9.17) is 9.47 Å². The van der Waals surface area contributed by atoms with Crippen LogP contribution in [0.3, 0.4) is 0 Å². The Bertz CT molecular complexity index is 1370. The van der Waals surface area contributed by atoms with Gasteiger partial charge in [-0.1, -0.05) is 0 Å². The van der Waals surface area contributed by atoms with Crippen molar-refractivity contribution in [2.24, 2.45) is 5.92 Å². The molecule has 12 heteroatoms. The zero-order valence-electron chi connectivity index (χ0n) is 20.7. The Morgan fingerprint density at radius 2 is 1.89 bits per heavy atom. The molecule has 2 atom stereocenters. The summed E-state index contributed by atoms with van der Waals surface area (Å²) in [7, 11) is 0. The van der Waals surface area contributed by atoms with Crippen LogP contribution in [0.5, 0.6) is 0 Å². The quantitative estimate of drug-likeness (QED) is 0.577. The van der Waals surface area contributed by atoms with E-state index in [2.05, 4.69) is 5.32 Å². The molecule has 2 aliphatic heterocycles. The first-order chi connectivity index (χ1) is 17.3. The lowest BCUT2D eigenvalue weighted by Gasteiger charge is -2.30. The molecule has 0 bridgehead atoms. The number of benzene rings is 1. The van der Waals surface area contributed by atoms with Crippen LogP contribution in [0.2, 0.25) is 0 Å². The maximum absolute atomic E-state index is 16.0. The monoisotopic (exact) mass is 523 g/mol. The third-order valence-electron chi connectivity index (χ3n) is 7.19.